The van der Waals surface area contributed by atoms with Crippen LogP contribution in [0.2, 0.25) is 0 Å². The molecular formula is C29H38N6O2. The molecular weight excluding hydrogens is 464 g/mol. The van der Waals surface area contributed by atoms with Crippen molar-refractivity contribution in [2.45, 2.75) is 51.5 Å². The Morgan fingerprint density at radius 2 is 1.95 bits per heavy atom. The first-order valence-corrected chi connectivity index (χ1v) is 13.8. The number of nitrogens with zero attached hydrogens (tertiary/aromatic N) is 4. The second-order valence-corrected chi connectivity index (χ2v) is 11.4. The summed E-state index contributed by atoms with van der Waals surface area (Å²) in [7, 11) is 1.61. The van der Waals surface area contributed by atoms with E-state index in [2.05, 4.69) is 31.4 Å². The van der Waals surface area contributed by atoms with E-state index in [0.29, 0.717) is 28.6 Å². The summed E-state index contributed by atoms with van der Waals surface area (Å²) in [5.74, 6) is 1.21. The van der Waals surface area contributed by atoms with Gasteiger partial charge in [0.1, 0.15) is 11.4 Å². The van der Waals surface area contributed by atoms with Crippen LogP contribution in [0.15, 0.2) is 36.5 Å². The van der Waals surface area contributed by atoms with Crippen molar-refractivity contribution in [3.05, 3.63) is 47.9 Å². The number of likely N-dealkylation sites (tertiary alicyclic amines) is 1. The first-order valence-electron chi connectivity index (χ1n) is 13.8. The molecule has 8 heteroatoms. The molecule has 3 aliphatic rings. The summed E-state index contributed by atoms with van der Waals surface area (Å²) in [6.45, 7) is 7.89. The van der Waals surface area contributed by atoms with E-state index < -0.39 is 0 Å². The molecule has 2 aromatic heterocycles. The summed E-state index contributed by atoms with van der Waals surface area (Å²) in [6.07, 6.45) is 9.97. The molecule has 2 aliphatic heterocycles. The van der Waals surface area contributed by atoms with Gasteiger partial charge >= 0.3 is 0 Å². The van der Waals surface area contributed by atoms with E-state index in [1.54, 1.807) is 13.2 Å². The number of aromatic nitrogens is 3. The summed E-state index contributed by atoms with van der Waals surface area (Å²) in [5, 5.41) is 12.3. The number of anilines is 1. The fourth-order valence-electron chi connectivity index (χ4n) is 6.42. The number of ether oxygens (including phenoxy) is 1. The van der Waals surface area contributed by atoms with Crippen LogP contribution < -0.4 is 15.4 Å². The number of methoxy groups -OCH3 is 1. The van der Waals surface area contributed by atoms with Crippen LogP contribution in [-0.4, -0.2) is 65.4 Å². The lowest BCUT2D eigenvalue weighted by Crippen LogP contribution is -2.55. The summed E-state index contributed by atoms with van der Waals surface area (Å²) in [4.78, 5) is 19.8. The molecule has 6 rings (SSSR count). The Kier molecular flexibility index (Phi) is 6.63. The van der Waals surface area contributed by atoms with E-state index in [9.17, 15) is 4.79 Å². The van der Waals surface area contributed by atoms with Gasteiger partial charge in [0.25, 0.3) is 5.91 Å². The minimum atomic E-state index is -0.251. The number of aryl methyl sites for hydroxylation is 1. The van der Waals surface area contributed by atoms with E-state index in [0.717, 1.165) is 48.4 Å². The number of carbonyl (C=O) groups is 1. The van der Waals surface area contributed by atoms with E-state index in [-0.39, 0.29) is 5.91 Å². The minimum absolute atomic E-state index is 0.251. The molecule has 0 bridgehead atoms. The number of pyridine rings is 1. The molecule has 0 unspecified atom stereocenters. The minimum Gasteiger partial charge on any atom is -0.494 e. The smallest absolute Gasteiger partial charge is 0.274 e. The van der Waals surface area contributed by atoms with Crippen molar-refractivity contribution >= 4 is 22.5 Å². The topological polar surface area (TPSA) is 84.3 Å². The first-order chi connectivity index (χ1) is 18.0. The van der Waals surface area contributed by atoms with Crippen molar-refractivity contribution in [1.29, 1.82) is 0 Å². The van der Waals surface area contributed by atoms with Gasteiger partial charge in [-0.2, -0.15) is 5.10 Å². The molecule has 37 heavy (non-hydrogen) atoms. The largest absolute Gasteiger partial charge is 0.494 e. The number of benzene rings is 1. The molecule has 1 saturated carbocycles. The van der Waals surface area contributed by atoms with Crippen LogP contribution >= 0.6 is 0 Å². The van der Waals surface area contributed by atoms with Gasteiger partial charge < -0.3 is 20.3 Å². The Bertz CT molecular complexity index is 1260. The van der Waals surface area contributed by atoms with Crippen molar-refractivity contribution < 1.29 is 9.53 Å². The van der Waals surface area contributed by atoms with Gasteiger partial charge in [0.05, 0.1) is 24.4 Å². The average Bonchev–Trinajstić information content (AvgIpc) is 3.31. The monoisotopic (exact) mass is 502 g/mol. The number of nitrogens with one attached hydrogen (secondary N) is 2. The Balaban J connectivity index is 1.09. The van der Waals surface area contributed by atoms with Crippen LogP contribution in [0.4, 0.5) is 5.69 Å². The molecule has 1 aliphatic carbocycles. The lowest BCUT2D eigenvalue weighted by atomic mass is 9.67. The lowest BCUT2D eigenvalue weighted by Gasteiger charge is -2.48. The Hall–Kier alpha value is -2.97. The standard InChI is InChI=1S/C29H38N6O2/c1-20-4-3-5-24(31-20)28(36)32-26-14-22-17-35(33-25(22)15-27(26)37-2)23-8-12-34(13-9-23)16-21-6-10-29(11-7-21)18-30-19-29/h3-5,14-15,17,21,23,30H,6-13,16,18-19H2,1-2H3,(H,32,36). The third-order valence-corrected chi connectivity index (χ3v) is 8.83. The molecule has 1 spiro atoms. The van der Waals surface area contributed by atoms with Gasteiger partial charge in [-0.3, -0.25) is 9.48 Å². The zero-order chi connectivity index (χ0) is 25.4. The third kappa shape index (κ3) is 5.09. The summed E-state index contributed by atoms with van der Waals surface area (Å²) < 4.78 is 7.71. The van der Waals surface area contributed by atoms with Crippen LogP contribution in [0.25, 0.3) is 10.9 Å². The predicted molar refractivity (Wildman–Crippen MR) is 145 cm³/mol. The van der Waals surface area contributed by atoms with Crippen molar-refractivity contribution in [3.8, 4) is 5.75 Å². The molecule has 3 aromatic rings. The van der Waals surface area contributed by atoms with Gasteiger partial charge in [0.2, 0.25) is 0 Å². The molecule has 8 nitrogen and oxygen atoms in total. The number of amides is 1. The highest BCUT2D eigenvalue weighted by atomic mass is 16.5. The number of fused-ring (bicyclic) bond motifs is 1. The Morgan fingerprint density at radius 3 is 2.62 bits per heavy atom. The molecule has 196 valence electrons. The van der Waals surface area contributed by atoms with Crippen LogP contribution in [-0.2, 0) is 0 Å². The Labute approximate surface area is 218 Å². The number of piperidine rings is 1. The number of hydrogen-bond donors (Lipinski definition) is 2. The van der Waals surface area contributed by atoms with E-state index in [1.807, 2.05) is 31.2 Å². The second-order valence-electron chi connectivity index (χ2n) is 11.4. The predicted octanol–water partition coefficient (Wildman–Crippen LogP) is 4.42. The van der Waals surface area contributed by atoms with Crippen molar-refractivity contribution in [1.82, 2.24) is 25.0 Å². The first kappa shape index (κ1) is 24.4. The molecule has 0 radical (unpaired) electrons. The zero-order valence-electron chi connectivity index (χ0n) is 22.0. The number of rotatable bonds is 6. The molecule has 4 heterocycles. The zero-order valence-corrected chi connectivity index (χ0v) is 22.0. The highest BCUT2D eigenvalue weighted by Crippen LogP contribution is 2.42. The van der Waals surface area contributed by atoms with Gasteiger partial charge in [-0.15, -0.1) is 0 Å². The molecule has 1 amide bonds. The normalized spacial score (nSPS) is 20.7. The van der Waals surface area contributed by atoms with Crippen LogP contribution in [0.1, 0.15) is 60.7 Å². The van der Waals surface area contributed by atoms with Gasteiger partial charge in [-0.05, 0) is 75.0 Å². The molecule has 3 fully saturated rings. The molecule has 2 saturated heterocycles. The average molecular weight is 503 g/mol. The highest BCUT2D eigenvalue weighted by Gasteiger charge is 2.40. The third-order valence-electron chi connectivity index (χ3n) is 8.83. The lowest BCUT2D eigenvalue weighted by molar-refractivity contribution is 0.0618. The highest BCUT2D eigenvalue weighted by molar-refractivity contribution is 6.05. The van der Waals surface area contributed by atoms with Gasteiger partial charge in [0, 0.05) is 56.1 Å². The van der Waals surface area contributed by atoms with Crippen molar-refractivity contribution in [2.24, 2.45) is 11.3 Å². The fourth-order valence-corrected chi connectivity index (χ4v) is 6.42. The fraction of sp³-hybridized carbons (Fsp3) is 0.552. The summed E-state index contributed by atoms with van der Waals surface area (Å²) in [6, 6.07) is 9.69. The Morgan fingerprint density at radius 1 is 1.16 bits per heavy atom. The quantitative estimate of drug-likeness (QED) is 0.519. The maximum Gasteiger partial charge on any atom is 0.274 e. The van der Waals surface area contributed by atoms with E-state index >= 15 is 0 Å². The second kappa shape index (κ2) is 10.1. The van der Waals surface area contributed by atoms with Gasteiger partial charge in [0.15, 0.2) is 0 Å². The maximum atomic E-state index is 12.8. The van der Waals surface area contributed by atoms with Gasteiger partial charge in [-0.25, -0.2) is 4.98 Å². The number of hydrogen-bond acceptors (Lipinski definition) is 6. The van der Waals surface area contributed by atoms with Gasteiger partial charge in [-0.1, -0.05) is 6.07 Å². The molecule has 2 N–H and O–H groups in total. The summed E-state index contributed by atoms with van der Waals surface area (Å²) in [5.41, 5.74) is 3.35. The van der Waals surface area contributed by atoms with Crippen molar-refractivity contribution in [3.63, 3.8) is 0 Å². The number of carbonyl (C=O) groups excluding carboxylic acids is 1. The molecule has 1 aromatic carbocycles. The van der Waals surface area contributed by atoms with Crippen LogP contribution in [0.5, 0.6) is 5.75 Å². The SMILES string of the molecule is COc1cc2nn(C3CCN(CC4CCC5(CC4)CNC5)CC3)cc2cc1NC(=O)c1cccc(C)n1. The maximum absolute atomic E-state index is 12.8. The van der Waals surface area contributed by atoms with E-state index in [1.165, 1.54) is 45.3 Å². The van der Waals surface area contributed by atoms with Crippen LogP contribution in [0.3, 0.4) is 0 Å². The van der Waals surface area contributed by atoms with E-state index in [4.69, 9.17) is 9.84 Å². The van der Waals surface area contributed by atoms with Crippen LogP contribution in [0, 0.1) is 18.3 Å². The van der Waals surface area contributed by atoms with Crippen molar-refractivity contribution in [2.75, 3.05) is 45.2 Å². The molecule has 0 atom stereocenters. The summed E-state index contributed by atoms with van der Waals surface area (Å²) >= 11 is 0.